The molecule has 1 aliphatic carbocycles. The fourth-order valence-electron chi connectivity index (χ4n) is 6.80. The van der Waals surface area contributed by atoms with Gasteiger partial charge < -0.3 is 14.6 Å². The van der Waals surface area contributed by atoms with E-state index in [1.807, 2.05) is 31.2 Å². The van der Waals surface area contributed by atoms with Crippen molar-refractivity contribution in [1.29, 1.82) is 0 Å². The van der Waals surface area contributed by atoms with E-state index in [0.29, 0.717) is 6.61 Å². The highest BCUT2D eigenvalue weighted by Crippen LogP contribution is 2.57. The Morgan fingerprint density at radius 2 is 0.955 bits per heavy atom. The Morgan fingerprint density at radius 3 is 1.43 bits per heavy atom. The topological polar surface area (TPSA) is 38.7 Å². The quantitative estimate of drug-likeness (QED) is 0.187. The number of hydrogen-bond donors (Lipinski definition) is 1. The minimum atomic E-state index is -0.597. The van der Waals surface area contributed by atoms with Crippen LogP contribution in [0.2, 0.25) is 0 Å². The lowest BCUT2D eigenvalue weighted by Crippen LogP contribution is -2.29. The lowest BCUT2D eigenvalue weighted by atomic mass is 9.67. The van der Waals surface area contributed by atoms with Gasteiger partial charge in [0.05, 0.1) is 18.6 Å². The smallest absolute Gasteiger partial charge is 0.127 e. The molecule has 0 saturated heterocycles. The number of fused-ring (bicyclic) bond motifs is 3. The molecule has 1 aliphatic rings. The van der Waals surface area contributed by atoms with Crippen LogP contribution in [0.5, 0.6) is 11.5 Å². The van der Waals surface area contributed by atoms with Crippen LogP contribution >= 0.6 is 0 Å². The van der Waals surface area contributed by atoms with Gasteiger partial charge in [-0.2, -0.15) is 0 Å². The zero-order chi connectivity index (χ0) is 29.9. The van der Waals surface area contributed by atoms with Crippen LogP contribution in [0.3, 0.4) is 0 Å². The zero-order valence-electron chi connectivity index (χ0n) is 24.7. The number of ether oxygens (including phenoxy) is 2. The third-order valence-electron chi connectivity index (χ3n) is 8.60. The second-order valence-corrected chi connectivity index (χ2v) is 11.0. The minimum absolute atomic E-state index is 0.0465. The molecular weight excluding hydrogens is 540 g/mol. The Labute approximate surface area is 259 Å². The molecule has 0 heterocycles. The van der Waals surface area contributed by atoms with Crippen LogP contribution in [0.25, 0.3) is 33.4 Å². The summed E-state index contributed by atoms with van der Waals surface area (Å²) < 4.78 is 12.3. The summed E-state index contributed by atoms with van der Waals surface area (Å²) in [5, 5.41) is 9.57. The summed E-state index contributed by atoms with van der Waals surface area (Å²) in [6.45, 7) is 2.80. The molecule has 0 aliphatic heterocycles. The van der Waals surface area contributed by atoms with E-state index < -0.39 is 5.41 Å². The SMILES string of the molecule is CCOc1ccc(C2(c3ccc(OCCO)c(-c4ccccc4)c3)c3ccccc3-c3ccccc32)cc1-c1ccccc1. The molecule has 0 saturated carbocycles. The molecule has 0 unspecified atom stereocenters. The maximum Gasteiger partial charge on any atom is 0.127 e. The molecule has 6 aromatic carbocycles. The van der Waals surface area contributed by atoms with Crippen molar-refractivity contribution in [3.8, 4) is 44.9 Å². The van der Waals surface area contributed by atoms with Crippen molar-refractivity contribution in [2.75, 3.05) is 19.8 Å². The van der Waals surface area contributed by atoms with Crippen LogP contribution in [0.1, 0.15) is 29.2 Å². The largest absolute Gasteiger partial charge is 0.493 e. The Hall–Kier alpha value is -5.12. The van der Waals surface area contributed by atoms with Crippen LogP contribution in [-0.2, 0) is 5.41 Å². The predicted octanol–water partition coefficient (Wildman–Crippen LogP) is 9.15. The number of hydrogen-bond acceptors (Lipinski definition) is 3. The molecule has 7 rings (SSSR count). The first kappa shape index (κ1) is 27.7. The third-order valence-corrected chi connectivity index (χ3v) is 8.60. The summed E-state index contributed by atoms with van der Waals surface area (Å²) in [4.78, 5) is 0. The lowest BCUT2D eigenvalue weighted by molar-refractivity contribution is 0.202. The van der Waals surface area contributed by atoms with Gasteiger partial charge in [0.25, 0.3) is 0 Å². The van der Waals surface area contributed by atoms with Gasteiger partial charge in [0.15, 0.2) is 0 Å². The molecule has 3 heteroatoms. The molecule has 0 fully saturated rings. The van der Waals surface area contributed by atoms with Gasteiger partial charge in [0.1, 0.15) is 18.1 Å². The van der Waals surface area contributed by atoms with Crippen molar-refractivity contribution in [2.24, 2.45) is 0 Å². The van der Waals surface area contributed by atoms with E-state index in [9.17, 15) is 5.11 Å². The highest BCUT2D eigenvalue weighted by atomic mass is 16.5. The standard InChI is InChI=1S/C41H34O3/c1-2-43-39-23-21-31(27-35(39)29-13-5-3-6-14-29)41(37-19-11-9-17-33(37)34-18-10-12-20-38(34)41)32-22-24-40(44-26-25-42)36(28-32)30-15-7-4-8-16-30/h3-24,27-28,42H,2,25-26H2,1H3. The summed E-state index contributed by atoms with van der Waals surface area (Å²) in [6.07, 6.45) is 0. The first-order valence-corrected chi connectivity index (χ1v) is 15.2. The van der Waals surface area contributed by atoms with E-state index in [-0.39, 0.29) is 13.2 Å². The van der Waals surface area contributed by atoms with Gasteiger partial charge in [0, 0.05) is 11.1 Å². The maximum atomic E-state index is 9.57. The van der Waals surface area contributed by atoms with Crippen LogP contribution in [-0.4, -0.2) is 24.9 Å². The second kappa shape index (κ2) is 11.9. The Kier molecular flexibility index (Phi) is 7.47. The molecule has 3 nitrogen and oxygen atoms in total. The van der Waals surface area contributed by atoms with Gasteiger partial charge in [-0.15, -0.1) is 0 Å². The summed E-state index contributed by atoms with van der Waals surface area (Å²) in [7, 11) is 0. The Balaban J connectivity index is 1.56. The predicted molar refractivity (Wildman–Crippen MR) is 178 cm³/mol. The minimum Gasteiger partial charge on any atom is -0.493 e. The van der Waals surface area contributed by atoms with Crippen molar-refractivity contribution < 1.29 is 14.6 Å². The van der Waals surface area contributed by atoms with Crippen molar-refractivity contribution in [3.63, 3.8) is 0 Å². The fraction of sp³-hybridized carbons (Fsp3) is 0.122. The molecule has 0 amide bonds. The van der Waals surface area contributed by atoms with Gasteiger partial charge in [0.2, 0.25) is 0 Å². The second-order valence-electron chi connectivity index (χ2n) is 11.0. The molecule has 0 bridgehead atoms. The summed E-state index contributed by atoms with van der Waals surface area (Å²) in [6, 6.07) is 51.6. The molecular formula is C41H34O3. The van der Waals surface area contributed by atoms with Gasteiger partial charge in [-0.3, -0.25) is 0 Å². The van der Waals surface area contributed by atoms with E-state index in [1.54, 1.807) is 0 Å². The lowest BCUT2D eigenvalue weighted by Gasteiger charge is -2.35. The molecule has 0 atom stereocenters. The number of aliphatic hydroxyl groups excluding tert-OH is 1. The summed E-state index contributed by atoms with van der Waals surface area (Å²) in [5.41, 5.74) is 10.9. The normalized spacial score (nSPS) is 12.8. The van der Waals surface area contributed by atoms with Gasteiger partial charge >= 0.3 is 0 Å². The van der Waals surface area contributed by atoms with E-state index in [1.165, 1.54) is 27.8 Å². The van der Waals surface area contributed by atoms with Crippen LogP contribution in [0, 0.1) is 0 Å². The third kappa shape index (κ3) is 4.57. The van der Waals surface area contributed by atoms with Crippen molar-refractivity contribution in [1.82, 2.24) is 0 Å². The molecule has 44 heavy (non-hydrogen) atoms. The zero-order valence-corrected chi connectivity index (χ0v) is 24.7. The first-order chi connectivity index (χ1) is 21.8. The van der Waals surface area contributed by atoms with Gasteiger partial charge in [-0.25, -0.2) is 0 Å². The monoisotopic (exact) mass is 574 g/mol. The van der Waals surface area contributed by atoms with E-state index in [4.69, 9.17) is 9.47 Å². The van der Waals surface area contributed by atoms with E-state index >= 15 is 0 Å². The van der Waals surface area contributed by atoms with Crippen LogP contribution < -0.4 is 9.47 Å². The number of benzene rings is 6. The fourth-order valence-corrected chi connectivity index (χ4v) is 6.80. The van der Waals surface area contributed by atoms with Gasteiger partial charge in [-0.05, 0) is 75.7 Å². The van der Waals surface area contributed by atoms with Crippen molar-refractivity contribution in [2.45, 2.75) is 12.3 Å². The average molecular weight is 575 g/mol. The molecule has 6 aromatic rings. The Morgan fingerprint density at radius 1 is 0.500 bits per heavy atom. The van der Waals surface area contributed by atoms with Crippen molar-refractivity contribution in [3.05, 3.63) is 168 Å². The molecule has 1 N–H and O–H groups in total. The van der Waals surface area contributed by atoms with E-state index in [0.717, 1.165) is 39.3 Å². The first-order valence-electron chi connectivity index (χ1n) is 15.2. The van der Waals surface area contributed by atoms with Crippen molar-refractivity contribution >= 4 is 0 Å². The highest BCUT2D eigenvalue weighted by molar-refractivity contribution is 5.88. The van der Waals surface area contributed by atoms with Crippen LogP contribution in [0.4, 0.5) is 0 Å². The molecule has 0 aromatic heterocycles. The highest BCUT2D eigenvalue weighted by Gasteiger charge is 2.46. The van der Waals surface area contributed by atoms with E-state index in [2.05, 4.69) is 121 Å². The summed E-state index contributed by atoms with van der Waals surface area (Å²) in [5.74, 6) is 1.62. The number of rotatable bonds is 9. The van der Waals surface area contributed by atoms with Crippen LogP contribution in [0.15, 0.2) is 146 Å². The summed E-state index contributed by atoms with van der Waals surface area (Å²) >= 11 is 0. The average Bonchev–Trinajstić information content (AvgIpc) is 3.39. The maximum absolute atomic E-state index is 9.57. The van der Waals surface area contributed by atoms with Gasteiger partial charge in [-0.1, -0.05) is 121 Å². The molecule has 216 valence electrons. The molecule has 0 radical (unpaired) electrons. The number of aliphatic hydroxyl groups is 1. The molecule has 0 spiro atoms. The Bertz CT molecular complexity index is 1870.